The summed E-state index contributed by atoms with van der Waals surface area (Å²) in [6.07, 6.45) is 1.54. The SMILES string of the molecule is O=[N+]([O-])c1ccc(N[C@@H]2CCc3c(Cl)cccc32)c([N+](=O)[O-])c1. The van der Waals surface area contributed by atoms with Crippen molar-refractivity contribution in [3.63, 3.8) is 0 Å². The average Bonchev–Trinajstić information content (AvgIpc) is 2.92. The van der Waals surface area contributed by atoms with E-state index in [0.717, 1.165) is 30.0 Å². The minimum absolute atomic E-state index is 0.108. The fourth-order valence-corrected chi connectivity index (χ4v) is 3.13. The number of halogens is 1. The van der Waals surface area contributed by atoms with Crippen LogP contribution in [0, 0.1) is 20.2 Å². The van der Waals surface area contributed by atoms with Gasteiger partial charge in [0.05, 0.1) is 22.0 Å². The Hall–Kier alpha value is -2.67. The number of nitrogens with one attached hydrogen (secondary N) is 1. The van der Waals surface area contributed by atoms with Crippen LogP contribution < -0.4 is 5.32 Å². The summed E-state index contributed by atoms with van der Waals surface area (Å²) in [5, 5.41) is 25.8. The third-order valence-corrected chi connectivity index (χ3v) is 4.29. The zero-order valence-electron chi connectivity index (χ0n) is 11.9. The number of nitrogens with zero attached hydrogens (tertiary/aromatic N) is 2. The maximum absolute atomic E-state index is 11.2. The molecule has 0 bridgehead atoms. The van der Waals surface area contributed by atoms with Gasteiger partial charge in [-0.05, 0) is 36.1 Å². The predicted molar refractivity (Wildman–Crippen MR) is 85.9 cm³/mol. The van der Waals surface area contributed by atoms with Gasteiger partial charge in [-0.2, -0.15) is 0 Å². The topological polar surface area (TPSA) is 98.3 Å². The van der Waals surface area contributed by atoms with Crippen LogP contribution in [0.4, 0.5) is 17.1 Å². The molecule has 0 radical (unpaired) electrons. The molecule has 0 aliphatic heterocycles. The third-order valence-electron chi connectivity index (χ3n) is 3.93. The highest BCUT2D eigenvalue weighted by Gasteiger charge is 2.27. The van der Waals surface area contributed by atoms with Crippen LogP contribution in [-0.4, -0.2) is 9.85 Å². The zero-order valence-corrected chi connectivity index (χ0v) is 12.6. The second-order valence-electron chi connectivity index (χ2n) is 5.26. The van der Waals surface area contributed by atoms with Crippen molar-refractivity contribution < 1.29 is 9.85 Å². The van der Waals surface area contributed by atoms with E-state index < -0.39 is 9.85 Å². The molecule has 2 aromatic carbocycles. The molecule has 1 aliphatic carbocycles. The summed E-state index contributed by atoms with van der Waals surface area (Å²) in [5.74, 6) is 0. The van der Waals surface area contributed by atoms with Gasteiger partial charge in [0.2, 0.25) is 0 Å². The molecule has 0 unspecified atom stereocenters. The Kier molecular flexibility index (Phi) is 3.87. The molecule has 0 saturated carbocycles. The number of nitro groups is 2. The Bertz CT molecular complexity index is 809. The van der Waals surface area contributed by atoms with Crippen molar-refractivity contribution in [2.24, 2.45) is 0 Å². The first-order valence-corrected chi connectivity index (χ1v) is 7.32. The van der Waals surface area contributed by atoms with Gasteiger partial charge < -0.3 is 5.32 Å². The lowest BCUT2D eigenvalue weighted by atomic mass is 10.1. The summed E-state index contributed by atoms with van der Waals surface area (Å²) >= 11 is 6.16. The second kappa shape index (κ2) is 5.85. The monoisotopic (exact) mass is 333 g/mol. The molecule has 0 saturated heterocycles. The summed E-state index contributed by atoms with van der Waals surface area (Å²) in [4.78, 5) is 20.7. The lowest BCUT2D eigenvalue weighted by Crippen LogP contribution is -2.09. The van der Waals surface area contributed by atoms with E-state index in [9.17, 15) is 20.2 Å². The maximum atomic E-state index is 11.2. The zero-order chi connectivity index (χ0) is 16.6. The molecule has 1 N–H and O–H groups in total. The highest BCUT2D eigenvalue weighted by Crippen LogP contribution is 2.39. The highest BCUT2D eigenvalue weighted by molar-refractivity contribution is 6.31. The average molecular weight is 334 g/mol. The van der Waals surface area contributed by atoms with Crippen molar-refractivity contribution >= 4 is 28.7 Å². The summed E-state index contributed by atoms with van der Waals surface area (Å²) in [6.45, 7) is 0. The summed E-state index contributed by atoms with van der Waals surface area (Å²) in [7, 11) is 0. The fourth-order valence-electron chi connectivity index (χ4n) is 2.85. The largest absolute Gasteiger partial charge is 0.373 e. The maximum Gasteiger partial charge on any atom is 0.299 e. The molecule has 0 heterocycles. The van der Waals surface area contributed by atoms with Crippen LogP contribution in [0.1, 0.15) is 23.6 Å². The molecule has 2 aromatic rings. The Morgan fingerprint density at radius 1 is 1.13 bits per heavy atom. The van der Waals surface area contributed by atoms with Crippen LogP contribution in [0.15, 0.2) is 36.4 Å². The molecule has 0 fully saturated rings. The summed E-state index contributed by atoms with van der Waals surface area (Å²) in [5.41, 5.74) is 1.69. The van der Waals surface area contributed by atoms with E-state index in [1.807, 2.05) is 18.2 Å². The third kappa shape index (κ3) is 2.83. The van der Waals surface area contributed by atoms with Crippen LogP contribution in [0.2, 0.25) is 5.02 Å². The van der Waals surface area contributed by atoms with Gasteiger partial charge in [0.15, 0.2) is 0 Å². The minimum atomic E-state index is -0.651. The smallest absolute Gasteiger partial charge is 0.299 e. The van der Waals surface area contributed by atoms with E-state index in [2.05, 4.69) is 5.32 Å². The lowest BCUT2D eigenvalue weighted by Gasteiger charge is -2.15. The number of benzene rings is 2. The molecule has 118 valence electrons. The van der Waals surface area contributed by atoms with Gasteiger partial charge >= 0.3 is 0 Å². The minimum Gasteiger partial charge on any atom is -0.373 e. The highest BCUT2D eigenvalue weighted by atomic mass is 35.5. The molecule has 0 amide bonds. The van der Waals surface area contributed by atoms with Crippen molar-refractivity contribution in [1.29, 1.82) is 0 Å². The Labute approximate surface area is 136 Å². The van der Waals surface area contributed by atoms with E-state index in [4.69, 9.17) is 11.6 Å². The van der Waals surface area contributed by atoms with Crippen molar-refractivity contribution in [1.82, 2.24) is 0 Å². The quantitative estimate of drug-likeness (QED) is 0.666. The molecule has 1 aliphatic rings. The van der Waals surface area contributed by atoms with Gasteiger partial charge in [0, 0.05) is 11.1 Å². The van der Waals surface area contributed by atoms with Crippen LogP contribution in [0.5, 0.6) is 0 Å². The van der Waals surface area contributed by atoms with Crippen LogP contribution >= 0.6 is 11.6 Å². The first-order chi connectivity index (χ1) is 11.0. The van der Waals surface area contributed by atoms with Gasteiger partial charge in [-0.3, -0.25) is 20.2 Å². The van der Waals surface area contributed by atoms with Gasteiger partial charge in [-0.1, -0.05) is 23.7 Å². The Balaban J connectivity index is 1.94. The summed E-state index contributed by atoms with van der Waals surface area (Å²) in [6, 6.07) is 9.08. The lowest BCUT2D eigenvalue weighted by molar-refractivity contribution is -0.393. The standard InChI is InChI=1S/C15H12ClN3O4/c16-12-3-1-2-11-10(12)5-7-13(11)17-14-6-4-9(18(20)21)8-15(14)19(22)23/h1-4,6,8,13,17H,5,7H2/t13-/m1/s1. The first kappa shape index (κ1) is 15.2. The van der Waals surface area contributed by atoms with E-state index in [-0.39, 0.29) is 23.1 Å². The van der Waals surface area contributed by atoms with Gasteiger partial charge in [-0.15, -0.1) is 0 Å². The molecule has 7 nitrogen and oxygen atoms in total. The van der Waals surface area contributed by atoms with Gasteiger partial charge in [-0.25, -0.2) is 0 Å². The van der Waals surface area contributed by atoms with Crippen molar-refractivity contribution in [2.75, 3.05) is 5.32 Å². The molecular weight excluding hydrogens is 322 g/mol. The Morgan fingerprint density at radius 2 is 1.91 bits per heavy atom. The number of non-ortho nitro benzene ring substituents is 1. The second-order valence-corrected chi connectivity index (χ2v) is 5.67. The molecular formula is C15H12ClN3O4. The molecule has 3 rings (SSSR count). The van der Waals surface area contributed by atoms with E-state index in [0.29, 0.717) is 5.02 Å². The first-order valence-electron chi connectivity index (χ1n) is 6.94. The normalized spacial score (nSPS) is 16.0. The van der Waals surface area contributed by atoms with E-state index in [1.165, 1.54) is 12.1 Å². The predicted octanol–water partition coefficient (Wildman–Crippen LogP) is 4.26. The van der Waals surface area contributed by atoms with Crippen LogP contribution in [0.25, 0.3) is 0 Å². The van der Waals surface area contributed by atoms with Crippen molar-refractivity contribution in [2.45, 2.75) is 18.9 Å². The molecule has 1 atom stereocenters. The number of rotatable bonds is 4. The van der Waals surface area contributed by atoms with Gasteiger partial charge in [0.25, 0.3) is 11.4 Å². The number of fused-ring (bicyclic) bond motifs is 1. The van der Waals surface area contributed by atoms with Crippen molar-refractivity contribution in [3.05, 3.63) is 72.8 Å². The van der Waals surface area contributed by atoms with E-state index in [1.54, 1.807) is 0 Å². The molecule has 0 spiro atoms. The number of hydrogen-bond acceptors (Lipinski definition) is 5. The fraction of sp³-hybridized carbons (Fsp3) is 0.200. The number of hydrogen-bond donors (Lipinski definition) is 1. The molecule has 0 aromatic heterocycles. The molecule has 23 heavy (non-hydrogen) atoms. The number of anilines is 1. The Morgan fingerprint density at radius 3 is 2.61 bits per heavy atom. The van der Waals surface area contributed by atoms with Crippen LogP contribution in [0.3, 0.4) is 0 Å². The van der Waals surface area contributed by atoms with Gasteiger partial charge in [0.1, 0.15) is 5.69 Å². The van der Waals surface area contributed by atoms with E-state index >= 15 is 0 Å². The van der Waals surface area contributed by atoms with Crippen molar-refractivity contribution in [3.8, 4) is 0 Å². The molecule has 8 heteroatoms. The van der Waals surface area contributed by atoms with Crippen LogP contribution in [-0.2, 0) is 6.42 Å². The summed E-state index contributed by atoms with van der Waals surface area (Å²) < 4.78 is 0. The number of nitro benzene ring substituents is 2.